The van der Waals surface area contributed by atoms with Gasteiger partial charge in [-0.1, -0.05) is 5.22 Å². The molecule has 0 spiro atoms. The summed E-state index contributed by atoms with van der Waals surface area (Å²) in [4.78, 5) is 17.2. The molecule has 8 nitrogen and oxygen atoms in total. The van der Waals surface area contributed by atoms with E-state index in [1.807, 2.05) is 14.0 Å². The number of amides is 1. The number of nitrogens with zero attached hydrogens (tertiary/aromatic N) is 6. The van der Waals surface area contributed by atoms with Crippen molar-refractivity contribution in [3.63, 3.8) is 0 Å². The second kappa shape index (κ2) is 8.54. The summed E-state index contributed by atoms with van der Waals surface area (Å²) in [7, 11) is 1.85. The zero-order valence-electron chi connectivity index (χ0n) is 19.4. The van der Waals surface area contributed by atoms with Crippen molar-refractivity contribution >= 4 is 17.3 Å². The summed E-state index contributed by atoms with van der Waals surface area (Å²) in [5, 5.41) is 17.0. The van der Waals surface area contributed by atoms with Crippen molar-refractivity contribution in [1.29, 1.82) is 0 Å². The molecule has 3 heterocycles. The molecule has 0 saturated carbocycles. The zero-order valence-corrected chi connectivity index (χ0v) is 19.4. The molecule has 2 aromatic heterocycles. The zero-order chi connectivity index (χ0) is 24.8. The highest BCUT2D eigenvalue weighted by molar-refractivity contribution is 6.04. The lowest BCUT2D eigenvalue weighted by Gasteiger charge is -2.17. The lowest BCUT2D eigenvalue weighted by atomic mass is 10.0. The normalized spacial score (nSPS) is 15.8. The van der Waals surface area contributed by atoms with Crippen molar-refractivity contribution in [3.05, 3.63) is 69.8 Å². The molecule has 0 bridgehead atoms. The second-order valence-electron chi connectivity index (χ2n) is 8.36. The first-order valence-corrected chi connectivity index (χ1v) is 10.6. The minimum Gasteiger partial charge on any atom is -0.322 e. The van der Waals surface area contributed by atoms with E-state index in [1.54, 1.807) is 35.8 Å². The number of anilines is 2. The van der Waals surface area contributed by atoms with Crippen LogP contribution in [0.5, 0.6) is 0 Å². The van der Waals surface area contributed by atoms with Crippen molar-refractivity contribution in [1.82, 2.24) is 14.8 Å². The van der Waals surface area contributed by atoms with E-state index in [1.165, 1.54) is 19.2 Å². The van der Waals surface area contributed by atoms with Crippen LogP contribution < -0.4 is 10.3 Å². The second-order valence-corrected chi connectivity index (χ2v) is 8.36. The monoisotopic (exact) mass is 471 g/mol. The van der Waals surface area contributed by atoms with Gasteiger partial charge in [0.25, 0.3) is 5.91 Å². The number of benzene rings is 1. The number of aromatic nitrogens is 3. The molecule has 178 valence electrons. The van der Waals surface area contributed by atoms with Gasteiger partial charge in [0.1, 0.15) is 6.04 Å². The molecule has 11 heteroatoms. The minimum atomic E-state index is -4.52. The fourth-order valence-corrected chi connectivity index (χ4v) is 3.85. The van der Waals surface area contributed by atoms with Gasteiger partial charge in [0.15, 0.2) is 0 Å². The Morgan fingerprint density at radius 2 is 1.85 bits per heavy atom. The van der Waals surface area contributed by atoms with Gasteiger partial charge in [-0.15, -0.1) is 0 Å². The molecule has 34 heavy (non-hydrogen) atoms. The van der Waals surface area contributed by atoms with Crippen molar-refractivity contribution in [2.75, 3.05) is 16.9 Å². The predicted octanol–water partition coefficient (Wildman–Crippen LogP) is 5.25. The van der Waals surface area contributed by atoms with Crippen LogP contribution >= 0.6 is 0 Å². The molecule has 4 rings (SSSR count). The van der Waals surface area contributed by atoms with Crippen LogP contribution in [0.25, 0.3) is 0 Å². The molecule has 1 atom stereocenters. The quantitative estimate of drug-likeness (QED) is 0.563. The lowest BCUT2D eigenvalue weighted by molar-refractivity contribution is -0.138. The number of aryl methyl sites for hydroxylation is 3. The fourth-order valence-electron chi connectivity index (χ4n) is 3.85. The Hall–Kier alpha value is -3.76. The molecule has 1 aromatic carbocycles. The molecule has 0 fully saturated rings. The largest absolute Gasteiger partial charge is 0.416 e. The van der Waals surface area contributed by atoms with Gasteiger partial charge in [-0.3, -0.25) is 14.5 Å². The Morgan fingerprint density at radius 3 is 2.50 bits per heavy atom. The van der Waals surface area contributed by atoms with E-state index < -0.39 is 17.6 Å². The minimum absolute atomic E-state index is 0.0653. The first-order valence-electron chi connectivity index (χ1n) is 10.6. The SMILES string of the molecule is Cc1cc(NC(=O)c2cnc(C)c(N3CC(c4cnn(C)c4C)N=N3)c2)cc(C(F)(F)F)c1C. The first-order chi connectivity index (χ1) is 16.0. The number of rotatable bonds is 4. The van der Waals surface area contributed by atoms with Crippen molar-refractivity contribution in [2.24, 2.45) is 17.4 Å². The van der Waals surface area contributed by atoms with E-state index in [-0.39, 0.29) is 22.9 Å². The number of halogens is 3. The van der Waals surface area contributed by atoms with Crippen LogP contribution in [0.15, 0.2) is 40.9 Å². The summed E-state index contributed by atoms with van der Waals surface area (Å²) in [6.07, 6.45) is -1.37. The summed E-state index contributed by atoms with van der Waals surface area (Å²) in [6, 6.07) is 3.86. The van der Waals surface area contributed by atoms with Crippen LogP contribution in [-0.4, -0.2) is 27.2 Å². The summed E-state index contributed by atoms with van der Waals surface area (Å²) >= 11 is 0. The van der Waals surface area contributed by atoms with Gasteiger partial charge in [0.2, 0.25) is 0 Å². The van der Waals surface area contributed by atoms with E-state index in [0.29, 0.717) is 23.5 Å². The van der Waals surface area contributed by atoms with Crippen molar-refractivity contribution in [2.45, 2.75) is 39.9 Å². The van der Waals surface area contributed by atoms with Crippen LogP contribution in [0, 0.1) is 27.7 Å². The van der Waals surface area contributed by atoms with Crippen LogP contribution in [0.3, 0.4) is 0 Å². The third-order valence-electron chi connectivity index (χ3n) is 6.11. The Kier molecular flexibility index (Phi) is 5.88. The van der Waals surface area contributed by atoms with Gasteiger partial charge in [-0.2, -0.15) is 23.4 Å². The number of nitrogens with one attached hydrogen (secondary N) is 1. The molecule has 0 radical (unpaired) electrons. The van der Waals surface area contributed by atoms with Gasteiger partial charge >= 0.3 is 6.18 Å². The average molecular weight is 471 g/mol. The van der Waals surface area contributed by atoms with E-state index in [4.69, 9.17) is 0 Å². The third-order valence-corrected chi connectivity index (χ3v) is 6.11. The topological polar surface area (TPSA) is 87.8 Å². The Bertz CT molecular complexity index is 1300. The van der Waals surface area contributed by atoms with Gasteiger partial charge < -0.3 is 5.32 Å². The highest BCUT2D eigenvalue weighted by Crippen LogP contribution is 2.35. The van der Waals surface area contributed by atoms with Crippen LogP contribution in [0.1, 0.15) is 50.0 Å². The highest BCUT2D eigenvalue weighted by Gasteiger charge is 2.33. The van der Waals surface area contributed by atoms with Gasteiger partial charge in [0, 0.05) is 30.2 Å². The summed E-state index contributed by atoms with van der Waals surface area (Å²) in [6.45, 7) is 7.17. The smallest absolute Gasteiger partial charge is 0.322 e. The van der Waals surface area contributed by atoms with E-state index in [0.717, 1.165) is 17.3 Å². The van der Waals surface area contributed by atoms with E-state index in [2.05, 4.69) is 25.7 Å². The lowest BCUT2D eigenvalue weighted by Crippen LogP contribution is -2.20. The maximum atomic E-state index is 13.4. The highest BCUT2D eigenvalue weighted by atomic mass is 19.4. The average Bonchev–Trinajstić information content (AvgIpc) is 3.37. The summed E-state index contributed by atoms with van der Waals surface area (Å²) < 4.78 is 41.9. The molecule has 1 amide bonds. The van der Waals surface area contributed by atoms with Gasteiger partial charge in [-0.05, 0) is 57.0 Å². The molecule has 1 unspecified atom stereocenters. The molecular formula is C23H24F3N7O. The summed E-state index contributed by atoms with van der Waals surface area (Å²) in [5.74, 6) is -0.569. The molecule has 1 N–H and O–H groups in total. The van der Waals surface area contributed by atoms with Crippen LogP contribution in [-0.2, 0) is 13.2 Å². The Labute approximate surface area is 194 Å². The van der Waals surface area contributed by atoms with Gasteiger partial charge in [-0.25, -0.2) is 5.01 Å². The molecular weight excluding hydrogens is 447 g/mol. The van der Waals surface area contributed by atoms with E-state index >= 15 is 0 Å². The van der Waals surface area contributed by atoms with Crippen LogP contribution in [0.2, 0.25) is 0 Å². The molecule has 0 aliphatic carbocycles. The standard InChI is InChI=1S/C23H24F3N7O/c1-12-6-17(8-19(13(12)2)23(24,25)26)29-22(34)16-7-21(14(3)27-9-16)33-11-20(30-31-33)18-10-28-32(5)15(18)4/h6-10,20H,11H2,1-5H3,(H,29,34). The molecule has 3 aromatic rings. The van der Waals surface area contributed by atoms with E-state index in [9.17, 15) is 18.0 Å². The third kappa shape index (κ3) is 4.37. The Balaban J connectivity index is 1.56. The van der Waals surface area contributed by atoms with Crippen molar-refractivity contribution in [3.8, 4) is 0 Å². The molecule has 1 aliphatic heterocycles. The van der Waals surface area contributed by atoms with Gasteiger partial charge in [0.05, 0.1) is 35.2 Å². The number of carbonyl (C=O) groups is 1. The number of alkyl halides is 3. The number of pyridine rings is 1. The number of carbonyl (C=O) groups excluding carboxylic acids is 1. The summed E-state index contributed by atoms with van der Waals surface area (Å²) in [5.41, 5.74) is 3.23. The maximum absolute atomic E-state index is 13.4. The van der Waals surface area contributed by atoms with Crippen molar-refractivity contribution < 1.29 is 18.0 Å². The number of hydrogen-bond donors (Lipinski definition) is 1. The fraction of sp³-hybridized carbons (Fsp3) is 0.348. The maximum Gasteiger partial charge on any atom is 0.416 e. The van der Waals surface area contributed by atoms with Crippen LogP contribution in [0.4, 0.5) is 24.5 Å². The number of hydrogen-bond acceptors (Lipinski definition) is 6. The predicted molar refractivity (Wildman–Crippen MR) is 121 cm³/mol. The molecule has 0 saturated heterocycles. The Morgan fingerprint density at radius 1 is 1.12 bits per heavy atom. The molecule has 1 aliphatic rings. The first kappa shape index (κ1) is 23.4.